The van der Waals surface area contributed by atoms with Crippen molar-refractivity contribution in [3.63, 3.8) is 0 Å². The molecule has 0 fully saturated rings. The van der Waals surface area contributed by atoms with Gasteiger partial charge in [-0.05, 0) is 45.8 Å². The van der Waals surface area contributed by atoms with E-state index in [1.807, 2.05) is 0 Å². The Kier molecular flexibility index (Phi) is 4.62. The molecular formula is C14H10BrF3N2O. The van der Waals surface area contributed by atoms with Crippen molar-refractivity contribution in [3.05, 3.63) is 63.9 Å². The molecule has 0 aliphatic rings. The maximum absolute atomic E-state index is 12.4. The second kappa shape index (κ2) is 6.26. The van der Waals surface area contributed by atoms with Crippen LogP contribution in [0.4, 0.5) is 13.2 Å². The monoisotopic (exact) mass is 358 g/mol. The fourth-order valence-corrected chi connectivity index (χ4v) is 1.83. The largest absolute Gasteiger partial charge is 0.416 e. The molecule has 0 aliphatic carbocycles. The topological polar surface area (TPSA) is 42.0 Å². The van der Waals surface area contributed by atoms with Crippen LogP contribution in [-0.4, -0.2) is 10.9 Å². The van der Waals surface area contributed by atoms with Crippen LogP contribution in [0.15, 0.2) is 47.1 Å². The fourth-order valence-electron chi connectivity index (χ4n) is 1.59. The molecule has 0 unspecified atom stereocenters. The lowest BCUT2D eigenvalue weighted by molar-refractivity contribution is -0.137. The predicted molar refractivity (Wildman–Crippen MR) is 74.6 cm³/mol. The molecular weight excluding hydrogens is 349 g/mol. The summed E-state index contributed by atoms with van der Waals surface area (Å²) in [7, 11) is 0. The summed E-state index contributed by atoms with van der Waals surface area (Å²) in [5.41, 5.74) is 0.103. The van der Waals surface area contributed by atoms with Crippen LogP contribution in [0, 0.1) is 0 Å². The predicted octanol–water partition coefficient (Wildman–Crippen LogP) is 3.79. The summed E-state index contributed by atoms with van der Waals surface area (Å²) in [6, 6.07) is 7.86. The maximum Gasteiger partial charge on any atom is 0.416 e. The molecule has 1 aromatic carbocycles. The molecule has 1 heterocycles. The Labute approximate surface area is 127 Å². The molecule has 0 spiro atoms. The average molecular weight is 359 g/mol. The number of amides is 1. The van der Waals surface area contributed by atoms with Gasteiger partial charge in [0.2, 0.25) is 0 Å². The number of hydrogen-bond donors (Lipinski definition) is 1. The fraction of sp³-hybridized carbons (Fsp3) is 0.143. The van der Waals surface area contributed by atoms with Crippen LogP contribution in [-0.2, 0) is 12.7 Å². The molecule has 1 aromatic heterocycles. The third kappa shape index (κ3) is 4.29. The van der Waals surface area contributed by atoms with Crippen LogP contribution in [0.25, 0.3) is 0 Å². The quantitative estimate of drug-likeness (QED) is 0.906. The van der Waals surface area contributed by atoms with Gasteiger partial charge in [-0.1, -0.05) is 12.1 Å². The zero-order valence-electron chi connectivity index (χ0n) is 10.6. The second-order valence-corrected chi connectivity index (χ2v) is 5.15. The van der Waals surface area contributed by atoms with E-state index in [1.54, 1.807) is 12.1 Å². The van der Waals surface area contributed by atoms with Gasteiger partial charge in [0.1, 0.15) is 5.69 Å². The number of rotatable bonds is 3. The van der Waals surface area contributed by atoms with E-state index in [9.17, 15) is 18.0 Å². The molecule has 0 aliphatic heterocycles. The summed E-state index contributed by atoms with van der Waals surface area (Å²) in [5, 5.41) is 2.59. The van der Waals surface area contributed by atoms with Crippen LogP contribution < -0.4 is 5.32 Å². The van der Waals surface area contributed by atoms with Crippen molar-refractivity contribution in [2.45, 2.75) is 12.7 Å². The van der Waals surface area contributed by atoms with Crippen LogP contribution in [0.2, 0.25) is 0 Å². The van der Waals surface area contributed by atoms with Gasteiger partial charge in [0.05, 0.1) is 5.56 Å². The number of pyridine rings is 1. The minimum Gasteiger partial charge on any atom is -0.347 e. The summed E-state index contributed by atoms with van der Waals surface area (Å²) in [4.78, 5) is 15.7. The van der Waals surface area contributed by atoms with Crippen molar-refractivity contribution in [1.29, 1.82) is 0 Å². The van der Waals surface area contributed by atoms with Gasteiger partial charge in [-0.25, -0.2) is 4.98 Å². The number of carbonyl (C=O) groups is 1. The van der Waals surface area contributed by atoms with E-state index in [1.165, 1.54) is 18.3 Å². The van der Waals surface area contributed by atoms with Gasteiger partial charge in [-0.3, -0.25) is 4.79 Å². The molecule has 21 heavy (non-hydrogen) atoms. The summed E-state index contributed by atoms with van der Waals surface area (Å²) in [6.45, 7) is 0.134. The molecule has 0 radical (unpaired) electrons. The van der Waals surface area contributed by atoms with Crippen molar-refractivity contribution in [2.24, 2.45) is 0 Å². The number of nitrogens with one attached hydrogen (secondary N) is 1. The van der Waals surface area contributed by atoms with Gasteiger partial charge in [0, 0.05) is 17.2 Å². The lowest BCUT2D eigenvalue weighted by Gasteiger charge is -2.08. The van der Waals surface area contributed by atoms with Gasteiger partial charge in [0.15, 0.2) is 0 Å². The van der Waals surface area contributed by atoms with E-state index in [0.29, 0.717) is 5.56 Å². The Bertz CT molecular complexity index is 624. The molecule has 7 heteroatoms. The number of aromatic nitrogens is 1. The van der Waals surface area contributed by atoms with Crippen LogP contribution >= 0.6 is 15.9 Å². The Hall–Kier alpha value is -1.89. The van der Waals surface area contributed by atoms with Crippen molar-refractivity contribution in [2.75, 3.05) is 0 Å². The molecule has 1 amide bonds. The van der Waals surface area contributed by atoms with E-state index in [-0.39, 0.29) is 18.1 Å². The lowest BCUT2D eigenvalue weighted by Crippen LogP contribution is -2.23. The Balaban J connectivity index is 1.97. The van der Waals surface area contributed by atoms with Gasteiger partial charge in [-0.2, -0.15) is 13.2 Å². The molecule has 110 valence electrons. The molecule has 3 nitrogen and oxygen atoms in total. The number of benzene rings is 1. The lowest BCUT2D eigenvalue weighted by atomic mass is 10.1. The molecule has 2 rings (SSSR count). The maximum atomic E-state index is 12.4. The first-order valence-corrected chi connectivity index (χ1v) is 6.71. The van der Waals surface area contributed by atoms with Gasteiger partial charge >= 0.3 is 6.18 Å². The molecule has 2 aromatic rings. The highest BCUT2D eigenvalue weighted by Crippen LogP contribution is 2.29. The third-order valence-corrected chi connectivity index (χ3v) is 3.16. The van der Waals surface area contributed by atoms with Gasteiger partial charge in [0.25, 0.3) is 5.91 Å². The molecule has 1 N–H and O–H groups in total. The van der Waals surface area contributed by atoms with E-state index in [2.05, 4.69) is 26.2 Å². The molecule has 0 saturated carbocycles. The highest BCUT2D eigenvalue weighted by atomic mass is 79.9. The molecule has 0 atom stereocenters. The Morgan fingerprint density at radius 1 is 1.14 bits per heavy atom. The summed E-state index contributed by atoms with van der Waals surface area (Å²) >= 11 is 3.21. The Morgan fingerprint density at radius 2 is 1.81 bits per heavy atom. The number of alkyl halides is 3. The normalized spacial score (nSPS) is 11.2. The summed E-state index contributed by atoms with van der Waals surface area (Å²) < 4.78 is 38.0. The highest BCUT2D eigenvalue weighted by molar-refractivity contribution is 9.10. The number of nitrogens with zero attached hydrogens (tertiary/aromatic N) is 1. The van der Waals surface area contributed by atoms with E-state index in [4.69, 9.17) is 0 Å². The van der Waals surface area contributed by atoms with Gasteiger partial charge < -0.3 is 5.32 Å². The van der Waals surface area contributed by atoms with Crippen LogP contribution in [0.3, 0.4) is 0 Å². The smallest absolute Gasteiger partial charge is 0.347 e. The number of carbonyl (C=O) groups excluding carboxylic acids is 1. The summed E-state index contributed by atoms with van der Waals surface area (Å²) in [5.74, 6) is -0.387. The Morgan fingerprint density at radius 3 is 2.33 bits per heavy atom. The van der Waals surface area contributed by atoms with E-state index >= 15 is 0 Å². The van der Waals surface area contributed by atoms with E-state index < -0.39 is 11.7 Å². The zero-order chi connectivity index (χ0) is 15.5. The SMILES string of the molecule is O=C(NCc1ccc(C(F)(F)F)cc1)c1ccc(Br)cn1. The van der Waals surface area contributed by atoms with Crippen LogP contribution in [0.5, 0.6) is 0 Å². The highest BCUT2D eigenvalue weighted by Gasteiger charge is 2.29. The first-order chi connectivity index (χ1) is 9.86. The standard InChI is InChI=1S/C14H10BrF3N2O/c15-11-5-6-12(19-8-11)13(21)20-7-9-1-3-10(4-2-9)14(16,17)18/h1-6,8H,7H2,(H,20,21). The van der Waals surface area contributed by atoms with E-state index in [0.717, 1.165) is 16.6 Å². The third-order valence-electron chi connectivity index (χ3n) is 2.69. The van der Waals surface area contributed by atoms with Crippen molar-refractivity contribution in [3.8, 4) is 0 Å². The number of halogens is 4. The van der Waals surface area contributed by atoms with Crippen molar-refractivity contribution in [1.82, 2.24) is 10.3 Å². The summed E-state index contributed by atoms with van der Waals surface area (Å²) in [6.07, 6.45) is -2.86. The molecule has 0 saturated heterocycles. The molecule has 0 bridgehead atoms. The minimum absolute atomic E-state index is 0.134. The second-order valence-electron chi connectivity index (χ2n) is 4.24. The zero-order valence-corrected chi connectivity index (χ0v) is 12.2. The number of hydrogen-bond acceptors (Lipinski definition) is 2. The van der Waals surface area contributed by atoms with Crippen LogP contribution in [0.1, 0.15) is 21.6 Å². The average Bonchev–Trinajstić information content (AvgIpc) is 2.45. The minimum atomic E-state index is -4.36. The van der Waals surface area contributed by atoms with Crippen molar-refractivity contribution >= 4 is 21.8 Å². The first-order valence-electron chi connectivity index (χ1n) is 5.92. The first kappa shape index (κ1) is 15.5. The van der Waals surface area contributed by atoms with Gasteiger partial charge in [-0.15, -0.1) is 0 Å². The van der Waals surface area contributed by atoms with Crippen molar-refractivity contribution < 1.29 is 18.0 Å².